The van der Waals surface area contributed by atoms with Crippen LogP contribution in [0.25, 0.3) is 0 Å². The summed E-state index contributed by atoms with van der Waals surface area (Å²) in [5.74, 6) is -0.819. The highest BCUT2D eigenvalue weighted by Crippen LogP contribution is 2.38. The number of nitrogens with zero attached hydrogens (tertiary/aromatic N) is 1. The van der Waals surface area contributed by atoms with Gasteiger partial charge in [-0.05, 0) is 38.5 Å². The predicted molar refractivity (Wildman–Crippen MR) is 268 cm³/mol. The molecule has 0 rings (SSSR count). The molecule has 0 heterocycles. The van der Waals surface area contributed by atoms with E-state index in [2.05, 4.69) is 26.0 Å². The van der Waals surface area contributed by atoms with Crippen molar-refractivity contribution in [2.75, 3.05) is 47.5 Å². The Labute approximate surface area is 396 Å². The molecule has 0 aromatic rings. The van der Waals surface area contributed by atoms with Gasteiger partial charge in [0.25, 0.3) is 7.82 Å². The van der Waals surface area contributed by atoms with E-state index in [1.807, 2.05) is 21.1 Å². The van der Waals surface area contributed by atoms with E-state index in [0.29, 0.717) is 17.4 Å². The highest BCUT2D eigenvalue weighted by molar-refractivity contribution is 7.45. The number of phosphoric acid groups is 1. The van der Waals surface area contributed by atoms with Crippen LogP contribution in [0.5, 0.6) is 0 Å². The van der Waals surface area contributed by atoms with Gasteiger partial charge >= 0.3 is 11.9 Å². The van der Waals surface area contributed by atoms with Gasteiger partial charge in [0.2, 0.25) is 0 Å². The zero-order valence-electron chi connectivity index (χ0n) is 43.0. The van der Waals surface area contributed by atoms with Crippen LogP contribution in [0.15, 0.2) is 12.2 Å². The van der Waals surface area contributed by atoms with Crippen molar-refractivity contribution >= 4 is 19.8 Å². The second-order valence-electron chi connectivity index (χ2n) is 20.0. The normalized spacial score (nSPS) is 13.4. The molecule has 2 atom stereocenters. The molecule has 0 spiro atoms. The molecule has 9 nitrogen and oxygen atoms in total. The molecule has 2 unspecified atom stereocenters. The van der Waals surface area contributed by atoms with Gasteiger partial charge in [-0.15, -0.1) is 0 Å². The third-order valence-corrected chi connectivity index (χ3v) is 13.2. The Morgan fingerprint density at radius 1 is 0.469 bits per heavy atom. The molecular weight excluding hydrogens is 822 g/mol. The van der Waals surface area contributed by atoms with Crippen LogP contribution < -0.4 is 4.89 Å². The Morgan fingerprint density at radius 3 is 1.16 bits per heavy atom. The summed E-state index contributed by atoms with van der Waals surface area (Å²) >= 11 is 0. The first-order valence-electron chi connectivity index (χ1n) is 27.4. The maximum Gasteiger partial charge on any atom is 0.306 e. The molecule has 380 valence electrons. The van der Waals surface area contributed by atoms with Crippen molar-refractivity contribution in [3.63, 3.8) is 0 Å². The Kier molecular flexibility index (Phi) is 45.9. The van der Waals surface area contributed by atoms with E-state index in [9.17, 15) is 19.0 Å². The fourth-order valence-corrected chi connectivity index (χ4v) is 8.73. The molecule has 0 saturated carbocycles. The van der Waals surface area contributed by atoms with E-state index in [4.69, 9.17) is 18.5 Å². The molecular formula is C54H106NO8P. The molecule has 0 saturated heterocycles. The summed E-state index contributed by atoms with van der Waals surface area (Å²) in [5, 5.41) is 0. The van der Waals surface area contributed by atoms with Gasteiger partial charge in [-0.3, -0.25) is 14.2 Å². The summed E-state index contributed by atoms with van der Waals surface area (Å²) in [6.07, 6.45) is 52.7. The number of carbonyl (C=O) groups excluding carboxylic acids is 2. The zero-order chi connectivity index (χ0) is 47.1. The molecule has 0 aliphatic carbocycles. The first-order valence-corrected chi connectivity index (χ1v) is 28.9. The Balaban J connectivity index is 4.01. The highest BCUT2D eigenvalue weighted by atomic mass is 31.2. The maximum absolute atomic E-state index is 12.7. The van der Waals surface area contributed by atoms with E-state index in [1.165, 1.54) is 205 Å². The summed E-state index contributed by atoms with van der Waals surface area (Å²) in [5.41, 5.74) is 0. The summed E-state index contributed by atoms with van der Waals surface area (Å²) in [6, 6.07) is 0. The summed E-state index contributed by atoms with van der Waals surface area (Å²) < 4.78 is 34.0. The number of hydrogen-bond donors (Lipinski definition) is 0. The zero-order valence-corrected chi connectivity index (χ0v) is 43.9. The molecule has 0 N–H and O–H groups in total. The fourth-order valence-electron chi connectivity index (χ4n) is 8.01. The lowest BCUT2D eigenvalue weighted by atomic mass is 10.0. The number of rotatable bonds is 51. The average Bonchev–Trinajstić information content (AvgIpc) is 3.25. The second kappa shape index (κ2) is 46.8. The first kappa shape index (κ1) is 62.8. The van der Waals surface area contributed by atoms with Crippen molar-refractivity contribution < 1.29 is 42.1 Å². The average molecular weight is 928 g/mol. The van der Waals surface area contributed by atoms with Crippen LogP contribution >= 0.6 is 7.82 Å². The molecule has 0 aliphatic heterocycles. The van der Waals surface area contributed by atoms with E-state index >= 15 is 0 Å². The smallest absolute Gasteiger partial charge is 0.306 e. The molecule has 0 fully saturated rings. The Bertz CT molecular complexity index is 1100. The molecule has 0 radical (unpaired) electrons. The van der Waals surface area contributed by atoms with Crippen molar-refractivity contribution in [3.05, 3.63) is 12.2 Å². The first-order chi connectivity index (χ1) is 31.0. The minimum absolute atomic E-state index is 0.0267. The van der Waals surface area contributed by atoms with E-state index in [-0.39, 0.29) is 32.0 Å². The van der Waals surface area contributed by atoms with Crippen LogP contribution in [-0.4, -0.2) is 70.0 Å². The third-order valence-electron chi connectivity index (χ3n) is 12.3. The number of quaternary nitrogens is 1. The summed E-state index contributed by atoms with van der Waals surface area (Å²) in [6.45, 7) is 4.26. The molecule has 0 amide bonds. The number of ether oxygens (including phenoxy) is 2. The third kappa shape index (κ3) is 50.2. The lowest BCUT2D eigenvalue weighted by Crippen LogP contribution is -2.37. The molecule has 0 aromatic carbocycles. The van der Waals surface area contributed by atoms with Crippen LogP contribution in [0.1, 0.15) is 271 Å². The van der Waals surface area contributed by atoms with Gasteiger partial charge in [-0.2, -0.15) is 0 Å². The summed E-state index contributed by atoms with van der Waals surface area (Å²) in [4.78, 5) is 37.6. The van der Waals surface area contributed by atoms with E-state index in [1.54, 1.807) is 0 Å². The minimum Gasteiger partial charge on any atom is -0.756 e. The molecule has 0 aromatic heterocycles. The molecule has 0 bridgehead atoms. The van der Waals surface area contributed by atoms with Crippen molar-refractivity contribution in [2.45, 2.75) is 277 Å². The number of allylic oxidation sites excluding steroid dienone is 2. The Hall–Kier alpha value is -1.25. The SMILES string of the molecule is CCCCCCCCCC/C=C\CCCCCCCCCCCCCCCCCCCC(=O)OC(COC(=O)CCCCCCCCCCCCC)COP(=O)([O-])OCC[N+](C)(C)C. The van der Waals surface area contributed by atoms with Crippen LogP contribution in [0, 0.1) is 0 Å². The van der Waals surface area contributed by atoms with Crippen LogP contribution in [0.2, 0.25) is 0 Å². The fraction of sp³-hybridized carbons (Fsp3) is 0.926. The van der Waals surface area contributed by atoms with Gasteiger partial charge in [0.1, 0.15) is 19.8 Å². The summed E-state index contributed by atoms with van der Waals surface area (Å²) in [7, 11) is 1.18. The number of hydrogen-bond acceptors (Lipinski definition) is 8. The molecule has 64 heavy (non-hydrogen) atoms. The van der Waals surface area contributed by atoms with Gasteiger partial charge in [0.05, 0.1) is 27.7 Å². The van der Waals surface area contributed by atoms with Gasteiger partial charge in [-0.25, -0.2) is 0 Å². The largest absolute Gasteiger partial charge is 0.756 e. The van der Waals surface area contributed by atoms with Crippen LogP contribution in [0.3, 0.4) is 0 Å². The van der Waals surface area contributed by atoms with Crippen molar-refractivity contribution in [2.24, 2.45) is 0 Å². The topological polar surface area (TPSA) is 111 Å². The lowest BCUT2D eigenvalue weighted by molar-refractivity contribution is -0.870. The van der Waals surface area contributed by atoms with Gasteiger partial charge in [0.15, 0.2) is 6.10 Å². The van der Waals surface area contributed by atoms with E-state index in [0.717, 1.165) is 32.1 Å². The monoisotopic (exact) mass is 928 g/mol. The van der Waals surface area contributed by atoms with Gasteiger partial charge in [-0.1, -0.05) is 231 Å². The number of phosphoric ester groups is 1. The second-order valence-corrected chi connectivity index (χ2v) is 21.4. The molecule has 10 heteroatoms. The van der Waals surface area contributed by atoms with Crippen LogP contribution in [0.4, 0.5) is 0 Å². The minimum atomic E-state index is -4.62. The highest BCUT2D eigenvalue weighted by Gasteiger charge is 2.21. The Morgan fingerprint density at radius 2 is 0.797 bits per heavy atom. The standard InChI is InChI=1S/C54H106NO8P/c1-6-8-10-12-14-16-18-19-20-21-22-23-24-25-26-27-28-29-30-31-32-33-34-35-37-39-41-43-45-47-54(57)63-52(51-62-64(58,59)61-49-48-55(3,4)5)50-60-53(56)46-44-42-40-38-36-17-15-13-11-9-7-2/h21-22,52H,6-20,23-51H2,1-5H3/b22-21-. The number of esters is 2. The quantitative estimate of drug-likeness (QED) is 0.0195. The lowest BCUT2D eigenvalue weighted by Gasteiger charge is -2.28. The van der Waals surface area contributed by atoms with Crippen molar-refractivity contribution in [3.8, 4) is 0 Å². The number of unbranched alkanes of at least 4 members (excludes halogenated alkanes) is 35. The van der Waals surface area contributed by atoms with Crippen LogP contribution in [-0.2, 0) is 32.7 Å². The molecule has 0 aliphatic rings. The van der Waals surface area contributed by atoms with Crippen molar-refractivity contribution in [1.29, 1.82) is 0 Å². The van der Waals surface area contributed by atoms with Gasteiger partial charge in [0, 0.05) is 12.8 Å². The van der Waals surface area contributed by atoms with Gasteiger partial charge < -0.3 is 27.9 Å². The number of likely N-dealkylation sites (N-methyl/N-ethyl adjacent to an activating group) is 1. The van der Waals surface area contributed by atoms with E-state index < -0.39 is 26.5 Å². The van der Waals surface area contributed by atoms with Crippen molar-refractivity contribution in [1.82, 2.24) is 0 Å². The maximum atomic E-state index is 12.7. The number of carbonyl (C=O) groups is 2. The predicted octanol–water partition coefficient (Wildman–Crippen LogP) is 15.8.